The zero-order valence-electron chi connectivity index (χ0n) is 15.2. The zero-order valence-corrected chi connectivity index (χ0v) is 15.2. The lowest BCUT2D eigenvalue weighted by atomic mass is 9.98. The molecule has 0 aliphatic rings. The van der Waals surface area contributed by atoms with Crippen molar-refractivity contribution < 1.29 is 14.3 Å². The third-order valence-corrected chi connectivity index (χ3v) is 4.49. The first-order valence-electron chi connectivity index (χ1n) is 8.57. The van der Waals surface area contributed by atoms with E-state index < -0.39 is 12.0 Å². The van der Waals surface area contributed by atoms with E-state index in [4.69, 9.17) is 4.74 Å². The van der Waals surface area contributed by atoms with Crippen LogP contribution in [0.3, 0.4) is 0 Å². The highest BCUT2D eigenvalue weighted by Crippen LogP contribution is 2.19. The van der Waals surface area contributed by atoms with Gasteiger partial charge in [0.2, 0.25) is 0 Å². The molecule has 0 spiro atoms. The molecule has 132 valence electrons. The minimum Gasteiger partial charge on any atom is -0.425 e. The highest BCUT2D eigenvalue weighted by molar-refractivity contribution is 5.97. The van der Waals surface area contributed by atoms with E-state index in [2.05, 4.69) is 5.32 Å². The maximum absolute atomic E-state index is 12.6. The van der Waals surface area contributed by atoms with Gasteiger partial charge in [-0.05, 0) is 55.2 Å². The standard InChI is InChI=1S/C21H25NO3/c1-5-14(2)19(22-20(23)17-9-7-6-8-10-17)21(24)25-18-12-11-15(3)16(4)13-18/h6-14,19H,5H2,1-4H3,(H,22,23)/t14-,19-/m0/s1. The van der Waals surface area contributed by atoms with Crippen molar-refractivity contribution in [2.24, 2.45) is 5.92 Å². The van der Waals surface area contributed by atoms with Gasteiger partial charge in [-0.1, -0.05) is 44.5 Å². The van der Waals surface area contributed by atoms with E-state index in [1.165, 1.54) is 0 Å². The van der Waals surface area contributed by atoms with Gasteiger partial charge < -0.3 is 10.1 Å². The molecule has 2 aromatic carbocycles. The van der Waals surface area contributed by atoms with E-state index in [1.807, 2.05) is 45.9 Å². The van der Waals surface area contributed by atoms with Gasteiger partial charge in [0.05, 0.1) is 0 Å². The van der Waals surface area contributed by atoms with Crippen molar-refractivity contribution in [3.05, 3.63) is 65.2 Å². The summed E-state index contributed by atoms with van der Waals surface area (Å²) in [4.78, 5) is 25.1. The summed E-state index contributed by atoms with van der Waals surface area (Å²) in [6, 6.07) is 13.7. The molecule has 0 saturated carbocycles. The normalized spacial score (nSPS) is 13.0. The number of esters is 1. The Kier molecular flexibility index (Phi) is 6.34. The molecule has 0 heterocycles. The molecule has 0 fully saturated rings. The van der Waals surface area contributed by atoms with E-state index in [9.17, 15) is 9.59 Å². The largest absolute Gasteiger partial charge is 0.425 e. The number of benzene rings is 2. The van der Waals surface area contributed by atoms with Gasteiger partial charge in [0.15, 0.2) is 0 Å². The Morgan fingerprint density at radius 1 is 1.04 bits per heavy atom. The van der Waals surface area contributed by atoms with Crippen molar-refractivity contribution in [3.63, 3.8) is 0 Å². The number of hydrogen-bond acceptors (Lipinski definition) is 3. The van der Waals surface area contributed by atoms with E-state index in [0.29, 0.717) is 11.3 Å². The monoisotopic (exact) mass is 339 g/mol. The minimum atomic E-state index is -0.695. The van der Waals surface area contributed by atoms with Crippen LogP contribution in [-0.4, -0.2) is 17.9 Å². The summed E-state index contributed by atoms with van der Waals surface area (Å²) >= 11 is 0. The summed E-state index contributed by atoms with van der Waals surface area (Å²) in [7, 11) is 0. The van der Waals surface area contributed by atoms with E-state index in [1.54, 1.807) is 30.3 Å². The fourth-order valence-corrected chi connectivity index (χ4v) is 2.44. The predicted molar refractivity (Wildman–Crippen MR) is 98.7 cm³/mol. The quantitative estimate of drug-likeness (QED) is 0.638. The van der Waals surface area contributed by atoms with Crippen molar-refractivity contribution in [2.75, 3.05) is 0 Å². The van der Waals surface area contributed by atoms with Crippen LogP contribution >= 0.6 is 0 Å². The summed E-state index contributed by atoms with van der Waals surface area (Å²) in [6.45, 7) is 7.88. The maximum Gasteiger partial charge on any atom is 0.334 e. The van der Waals surface area contributed by atoms with E-state index in [-0.39, 0.29) is 11.8 Å². The molecular formula is C21H25NO3. The lowest BCUT2D eigenvalue weighted by Gasteiger charge is -2.22. The second kappa shape index (κ2) is 8.47. The third-order valence-electron chi connectivity index (χ3n) is 4.49. The smallest absolute Gasteiger partial charge is 0.334 e. The lowest BCUT2D eigenvalue weighted by Crippen LogP contribution is -2.47. The second-order valence-corrected chi connectivity index (χ2v) is 6.37. The molecule has 4 heteroatoms. The Bertz CT molecular complexity index is 740. The molecule has 2 rings (SSSR count). The maximum atomic E-state index is 12.6. The Labute approximate surface area is 149 Å². The van der Waals surface area contributed by atoms with Crippen LogP contribution in [-0.2, 0) is 4.79 Å². The third kappa shape index (κ3) is 4.92. The van der Waals surface area contributed by atoms with Gasteiger partial charge in [-0.25, -0.2) is 4.79 Å². The van der Waals surface area contributed by atoms with Gasteiger partial charge in [-0.3, -0.25) is 4.79 Å². The van der Waals surface area contributed by atoms with Gasteiger partial charge in [-0.15, -0.1) is 0 Å². The zero-order chi connectivity index (χ0) is 18.4. The summed E-state index contributed by atoms with van der Waals surface area (Å²) in [5.41, 5.74) is 2.71. The molecule has 2 atom stereocenters. The molecule has 0 aliphatic heterocycles. The van der Waals surface area contributed by atoms with Gasteiger partial charge >= 0.3 is 5.97 Å². The van der Waals surface area contributed by atoms with Gasteiger partial charge in [-0.2, -0.15) is 0 Å². The van der Waals surface area contributed by atoms with Crippen LogP contribution < -0.4 is 10.1 Å². The van der Waals surface area contributed by atoms with Crippen LogP contribution in [0.5, 0.6) is 5.75 Å². The molecule has 0 aromatic heterocycles. The highest BCUT2D eigenvalue weighted by atomic mass is 16.5. The fraction of sp³-hybridized carbons (Fsp3) is 0.333. The van der Waals surface area contributed by atoms with Crippen molar-refractivity contribution in [1.82, 2.24) is 5.32 Å². The minimum absolute atomic E-state index is 0.0355. The summed E-state index contributed by atoms with van der Waals surface area (Å²) < 4.78 is 5.52. The number of carbonyl (C=O) groups excluding carboxylic acids is 2. The van der Waals surface area contributed by atoms with Crippen molar-refractivity contribution >= 4 is 11.9 Å². The summed E-state index contributed by atoms with van der Waals surface area (Å²) in [6.07, 6.45) is 0.752. The molecule has 0 aliphatic carbocycles. The van der Waals surface area contributed by atoms with Crippen LogP contribution in [0.25, 0.3) is 0 Å². The van der Waals surface area contributed by atoms with E-state index >= 15 is 0 Å². The SMILES string of the molecule is CC[C@H](C)[C@H](NC(=O)c1ccccc1)C(=O)Oc1ccc(C)c(C)c1. The Morgan fingerprint density at radius 2 is 1.72 bits per heavy atom. The Balaban J connectivity index is 2.14. The van der Waals surface area contributed by atoms with E-state index in [0.717, 1.165) is 17.5 Å². The number of nitrogens with one attached hydrogen (secondary N) is 1. The van der Waals surface area contributed by atoms with Crippen molar-refractivity contribution in [3.8, 4) is 5.75 Å². The lowest BCUT2D eigenvalue weighted by molar-refractivity contribution is -0.137. The van der Waals surface area contributed by atoms with Crippen LogP contribution in [0.4, 0.5) is 0 Å². The first kappa shape index (κ1) is 18.7. The number of carbonyl (C=O) groups is 2. The molecule has 0 bridgehead atoms. The fourth-order valence-electron chi connectivity index (χ4n) is 2.44. The molecule has 0 unspecified atom stereocenters. The highest BCUT2D eigenvalue weighted by Gasteiger charge is 2.28. The number of aryl methyl sites for hydroxylation is 2. The van der Waals surface area contributed by atoms with Crippen molar-refractivity contribution in [2.45, 2.75) is 40.2 Å². The Hall–Kier alpha value is -2.62. The number of hydrogen-bond donors (Lipinski definition) is 1. The molecule has 0 radical (unpaired) electrons. The summed E-state index contributed by atoms with van der Waals surface area (Å²) in [5, 5.41) is 2.82. The van der Waals surface area contributed by atoms with Crippen LogP contribution in [0.15, 0.2) is 48.5 Å². The Morgan fingerprint density at radius 3 is 2.32 bits per heavy atom. The number of ether oxygens (including phenoxy) is 1. The van der Waals surface area contributed by atoms with Crippen LogP contribution in [0.1, 0.15) is 41.8 Å². The molecule has 2 aromatic rings. The molecule has 0 saturated heterocycles. The first-order chi connectivity index (χ1) is 11.9. The average molecular weight is 339 g/mol. The number of rotatable bonds is 6. The molecule has 1 N–H and O–H groups in total. The molecular weight excluding hydrogens is 314 g/mol. The van der Waals surface area contributed by atoms with Gasteiger partial charge in [0, 0.05) is 5.56 Å². The van der Waals surface area contributed by atoms with Crippen LogP contribution in [0, 0.1) is 19.8 Å². The second-order valence-electron chi connectivity index (χ2n) is 6.37. The molecule has 4 nitrogen and oxygen atoms in total. The number of amides is 1. The van der Waals surface area contributed by atoms with Gasteiger partial charge in [0.25, 0.3) is 5.91 Å². The summed E-state index contributed by atoms with van der Waals surface area (Å²) in [5.74, 6) is -0.258. The predicted octanol–water partition coefficient (Wildman–Crippen LogP) is 4.05. The van der Waals surface area contributed by atoms with Crippen LogP contribution in [0.2, 0.25) is 0 Å². The van der Waals surface area contributed by atoms with Gasteiger partial charge in [0.1, 0.15) is 11.8 Å². The first-order valence-corrected chi connectivity index (χ1v) is 8.57. The average Bonchev–Trinajstić information content (AvgIpc) is 2.62. The topological polar surface area (TPSA) is 55.4 Å². The molecule has 1 amide bonds. The molecule has 25 heavy (non-hydrogen) atoms. The van der Waals surface area contributed by atoms with Crippen molar-refractivity contribution in [1.29, 1.82) is 0 Å².